The number of hydrogen-bond acceptors (Lipinski definition) is 0. The third-order valence-corrected chi connectivity index (χ3v) is 9.02. The van der Waals surface area contributed by atoms with E-state index in [1.807, 2.05) is 0 Å². The molecule has 4 rings (SSSR count). The molecule has 0 amide bonds. The highest BCUT2D eigenvalue weighted by Gasteiger charge is 2.35. The van der Waals surface area contributed by atoms with Gasteiger partial charge in [0.1, 0.15) is 0 Å². The normalized spacial score (nSPS) is 11.7. The van der Waals surface area contributed by atoms with Crippen molar-refractivity contribution in [2.45, 2.75) is 6.55 Å². The van der Waals surface area contributed by atoms with E-state index in [0.29, 0.717) is 0 Å². The number of para-hydroxylation sites is 1. The number of rotatable bonds is 3. The molecule has 1 heterocycles. The Labute approximate surface area is 137 Å². The van der Waals surface area contributed by atoms with Crippen molar-refractivity contribution >= 4 is 29.5 Å². The average molecular weight is 313 g/mol. The number of nitrogens with zero attached hydrogens (tertiary/aromatic N) is 1. The van der Waals surface area contributed by atoms with E-state index in [4.69, 9.17) is 0 Å². The van der Waals surface area contributed by atoms with Gasteiger partial charge in [-0.15, -0.1) is 0 Å². The molecule has 0 N–H and O–H groups in total. The quantitative estimate of drug-likeness (QED) is 0.506. The Bertz CT molecular complexity index is 886. The van der Waals surface area contributed by atoms with Gasteiger partial charge < -0.3 is 4.23 Å². The van der Waals surface area contributed by atoms with E-state index in [2.05, 4.69) is 108 Å². The first-order valence-electron chi connectivity index (χ1n) is 7.98. The molecule has 2 heteroatoms. The average Bonchev–Trinajstić information content (AvgIpc) is 3.07. The molecular formula is C21H19NSi. The minimum Gasteiger partial charge on any atom is -0.366 e. The van der Waals surface area contributed by atoms with E-state index >= 15 is 0 Å². The van der Waals surface area contributed by atoms with E-state index < -0.39 is 8.24 Å². The summed E-state index contributed by atoms with van der Waals surface area (Å²) in [6, 6.07) is 32.8. The summed E-state index contributed by atoms with van der Waals surface area (Å²) in [6.07, 6.45) is 2.26. The van der Waals surface area contributed by atoms with Crippen molar-refractivity contribution < 1.29 is 0 Å². The van der Waals surface area contributed by atoms with Gasteiger partial charge in [-0.25, -0.2) is 0 Å². The van der Waals surface area contributed by atoms with Crippen LogP contribution in [0, 0.1) is 0 Å². The second-order valence-electron chi connectivity index (χ2n) is 6.05. The molecule has 4 aromatic rings. The van der Waals surface area contributed by atoms with Crippen molar-refractivity contribution in [3.05, 3.63) is 97.2 Å². The van der Waals surface area contributed by atoms with Crippen molar-refractivity contribution in [3.63, 3.8) is 0 Å². The number of fused-ring (bicyclic) bond motifs is 1. The highest BCUT2D eigenvalue weighted by Crippen LogP contribution is 2.20. The third kappa shape index (κ3) is 2.23. The first-order valence-corrected chi connectivity index (χ1v) is 10.4. The standard InChI is InChI=1S/C21H19NSi/c1-23(19-11-4-2-5-12-19,20-13-6-3-7-14-20)22-17-16-18-10-8-9-15-21(18)22/h2-17H,1H3. The van der Waals surface area contributed by atoms with Crippen LogP contribution in [0.25, 0.3) is 10.9 Å². The zero-order valence-electron chi connectivity index (χ0n) is 13.2. The fourth-order valence-corrected chi connectivity index (χ4v) is 7.07. The second-order valence-corrected chi connectivity index (χ2v) is 9.83. The lowest BCUT2D eigenvalue weighted by atomic mass is 10.3. The van der Waals surface area contributed by atoms with E-state index in [1.54, 1.807) is 0 Å². The van der Waals surface area contributed by atoms with Crippen LogP contribution in [-0.4, -0.2) is 12.5 Å². The molecule has 0 bridgehead atoms. The van der Waals surface area contributed by atoms with Crippen LogP contribution >= 0.6 is 0 Å². The molecule has 112 valence electrons. The minimum atomic E-state index is -2.07. The van der Waals surface area contributed by atoms with E-state index in [1.165, 1.54) is 21.3 Å². The van der Waals surface area contributed by atoms with Crippen LogP contribution in [0.2, 0.25) is 6.55 Å². The topological polar surface area (TPSA) is 4.93 Å². The molecule has 1 aromatic heterocycles. The molecule has 0 spiro atoms. The zero-order chi connectivity index (χ0) is 15.7. The Morgan fingerprint density at radius 3 is 1.74 bits per heavy atom. The summed E-state index contributed by atoms with van der Waals surface area (Å²) in [4.78, 5) is 0. The van der Waals surface area contributed by atoms with Crippen LogP contribution in [0.15, 0.2) is 97.2 Å². The highest BCUT2D eigenvalue weighted by molar-refractivity contribution is 7.00. The molecule has 0 unspecified atom stereocenters. The van der Waals surface area contributed by atoms with Crippen molar-refractivity contribution in [1.29, 1.82) is 0 Å². The molecule has 0 saturated carbocycles. The number of aromatic nitrogens is 1. The maximum Gasteiger partial charge on any atom is 0.221 e. The van der Waals surface area contributed by atoms with Crippen molar-refractivity contribution in [3.8, 4) is 0 Å². The van der Waals surface area contributed by atoms with Crippen molar-refractivity contribution in [2.24, 2.45) is 0 Å². The predicted octanol–water partition coefficient (Wildman–Crippen LogP) is 3.88. The molecule has 0 fully saturated rings. The summed E-state index contributed by atoms with van der Waals surface area (Å²) in [7, 11) is -2.07. The summed E-state index contributed by atoms with van der Waals surface area (Å²) < 4.78 is 2.52. The lowest BCUT2D eigenvalue weighted by Crippen LogP contribution is -2.61. The number of benzene rings is 3. The lowest BCUT2D eigenvalue weighted by molar-refractivity contribution is 1.23. The van der Waals surface area contributed by atoms with Crippen LogP contribution in [0.3, 0.4) is 0 Å². The van der Waals surface area contributed by atoms with Gasteiger partial charge in [0.15, 0.2) is 0 Å². The maximum atomic E-state index is 2.52. The van der Waals surface area contributed by atoms with Crippen LogP contribution in [0.5, 0.6) is 0 Å². The zero-order valence-corrected chi connectivity index (χ0v) is 14.2. The van der Waals surface area contributed by atoms with E-state index in [9.17, 15) is 0 Å². The molecule has 0 radical (unpaired) electrons. The fraction of sp³-hybridized carbons (Fsp3) is 0.0476. The smallest absolute Gasteiger partial charge is 0.221 e. The molecule has 1 nitrogen and oxygen atoms in total. The van der Waals surface area contributed by atoms with E-state index in [0.717, 1.165) is 0 Å². The Balaban J connectivity index is 2.04. The van der Waals surface area contributed by atoms with Crippen LogP contribution in [0.4, 0.5) is 0 Å². The first kappa shape index (κ1) is 14.0. The van der Waals surface area contributed by atoms with Gasteiger partial charge in [-0.05, 0) is 40.6 Å². The molecule has 0 aliphatic rings. The Kier molecular flexibility index (Phi) is 3.39. The van der Waals surface area contributed by atoms with Gasteiger partial charge in [-0.2, -0.15) is 0 Å². The van der Waals surface area contributed by atoms with Gasteiger partial charge in [-0.3, -0.25) is 0 Å². The molecular weight excluding hydrogens is 294 g/mol. The Hall–Kier alpha value is -2.58. The highest BCUT2D eigenvalue weighted by atomic mass is 28.3. The molecule has 0 saturated heterocycles. The number of hydrogen-bond donors (Lipinski definition) is 0. The van der Waals surface area contributed by atoms with Crippen LogP contribution < -0.4 is 10.4 Å². The van der Waals surface area contributed by atoms with Crippen molar-refractivity contribution in [1.82, 2.24) is 4.23 Å². The van der Waals surface area contributed by atoms with Gasteiger partial charge in [0.2, 0.25) is 8.24 Å². The van der Waals surface area contributed by atoms with Gasteiger partial charge in [0.25, 0.3) is 0 Å². The monoisotopic (exact) mass is 313 g/mol. The summed E-state index contributed by atoms with van der Waals surface area (Å²) >= 11 is 0. The molecule has 0 atom stereocenters. The predicted molar refractivity (Wildman–Crippen MR) is 101 cm³/mol. The lowest BCUT2D eigenvalue weighted by Gasteiger charge is -2.31. The largest absolute Gasteiger partial charge is 0.366 e. The second kappa shape index (κ2) is 5.56. The minimum absolute atomic E-state index is 1.30. The first-order chi connectivity index (χ1) is 11.3. The Morgan fingerprint density at radius 2 is 1.13 bits per heavy atom. The molecule has 3 aromatic carbocycles. The maximum absolute atomic E-state index is 2.52. The summed E-state index contributed by atoms with van der Waals surface area (Å²) in [5.41, 5.74) is 1.31. The molecule has 0 aliphatic heterocycles. The summed E-state index contributed by atoms with van der Waals surface area (Å²) in [5, 5.41) is 4.15. The van der Waals surface area contributed by atoms with Crippen LogP contribution in [-0.2, 0) is 0 Å². The Morgan fingerprint density at radius 1 is 0.609 bits per heavy atom. The summed E-state index contributed by atoms with van der Waals surface area (Å²) in [6.45, 7) is 2.43. The summed E-state index contributed by atoms with van der Waals surface area (Å²) in [5.74, 6) is 0. The van der Waals surface area contributed by atoms with Gasteiger partial charge in [-0.1, -0.05) is 78.9 Å². The van der Waals surface area contributed by atoms with E-state index in [-0.39, 0.29) is 0 Å². The molecule has 0 aliphatic carbocycles. The molecule has 23 heavy (non-hydrogen) atoms. The SMILES string of the molecule is C[Si](c1ccccc1)(c1ccccc1)n1ccc2ccccc21. The van der Waals surface area contributed by atoms with Gasteiger partial charge in [0.05, 0.1) is 0 Å². The van der Waals surface area contributed by atoms with Crippen LogP contribution in [0.1, 0.15) is 0 Å². The third-order valence-electron chi connectivity index (χ3n) is 4.75. The fourth-order valence-electron chi connectivity index (χ4n) is 3.44. The van der Waals surface area contributed by atoms with Gasteiger partial charge in [0, 0.05) is 5.52 Å². The van der Waals surface area contributed by atoms with Crippen molar-refractivity contribution in [2.75, 3.05) is 0 Å². The van der Waals surface area contributed by atoms with Gasteiger partial charge >= 0.3 is 0 Å².